The van der Waals surface area contributed by atoms with Gasteiger partial charge in [-0.2, -0.15) is 5.10 Å². The fourth-order valence-electron chi connectivity index (χ4n) is 2.97. The number of rotatable bonds is 5. The standard InChI is InChI=1S/C14H22N6/c1-2-6-20-8-5-15-13(20)10-19-7-3-4-12(9-19)14-16-11-17-18-14/h5,8,11-12H,2-4,6-7,9-10H2,1H3,(H,16,17,18)/t12-/m0/s1. The van der Waals surface area contributed by atoms with Crippen molar-refractivity contribution in [2.24, 2.45) is 0 Å². The van der Waals surface area contributed by atoms with Crippen molar-refractivity contribution in [2.45, 2.75) is 45.2 Å². The van der Waals surface area contributed by atoms with Crippen LogP contribution in [0.5, 0.6) is 0 Å². The molecule has 3 heterocycles. The summed E-state index contributed by atoms with van der Waals surface area (Å²) in [6.07, 6.45) is 9.13. The minimum atomic E-state index is 0.473. The van der Waals surface area contributed by atoms with E-state index in [0.717, 1.165) is 38.4 Å². The molecule has 1 fully saturated rings. The monoisotopic (exact) mass is 274 g/mol. The third kappa shape index (κ3) is 2.90. The van der Waals surface area contributed by atoms with E-state index in [1.54, 1.807) is 6.33 Å². The minimum Gasteiger partial charge on any atom is -0.334 e. The number of hydrogen-bond acceptors (Lipinski definition) is 4. The predicted molar refractivity (Wildman–Crippen MR) is 76.2 cm³/mol. The highest BCUT2D eigenvalue weighted by Crippen LogP contribution is 2.24. The molecule has 1 atom stereocenters. The van der Waals surface area contributed by atoms with Crippen molar-refractivity contribution in [3.63, 3.8) is 0 Å². The molecule has 108 valence electrons. The Morgan fingerprint density at radius 2 is 2.35 bits per heavy atom. The maximum absolute atomic E-state index is 4.50. The van der Waals surface area contributed by atoms with Gasteiger partial charge in [0.05, 0.1) is 6.54 Å². The highest BCUT2D eigenvalue weighted by Gasteiger charge is 2.24. The fourth-order valence-corrected chi connectivity index (χ4v) is 2.97. The summed E-state index contributed by atoms with van der Waals surface area (Å²) in [5.74, 6) is 2.66. The number of imidazole rings is 1. The van der Waals surface area contributed by atoms with Gasteiger partial charge in [-0.15, -0.1) is 0 Å². The molecule has 3 rings (SSSR count). The van der Waals surface area contributed by atoms with Crippen LogP contribution in [-0.2, 0) is 13.1 Å². The van der Waals surface area contributed by atoms with Crippen molar-refractivity contribution in [3.05, 3.63) is 30.4 Å². The maximum atomic E-state index is 4.50. The average Bonchev–Trinajstić information content (AvgIpc) is 3.12. The molecule has 1 aliphatic rings. The van der Waals surface area contributed by atoms with E-state index in [1.807, 2.05) is 6.20 Å². The van der Waals surface area contributed by atoms with Crippen molar-refractivity contribution in [1.82, 2.24) is 29.6 Å². The van der Waals surface area contributed by atoms with Gasteiger partial charge in [0.1, 0.15) is 18.0 Å². The van der Waals surface area contributed by atoms with Crippen molar-refractivity contribution in [2.75, 3.05) is 13.1 Å². The molecule has 0 aliphatic carbocycles. The molecule has 0 unspecified atom stereocenters. The zero-order valence-electron chi connectivity index (χ0n) is 12.0. The predicted octanol–water partition coefficient (Wildman–Crippen LogP) is 1.79. The summed E-state index contributed by atoms with van der Waals surface area (Å²) >= 11 is 0. The van der Waals surface area contributed by atoms with Gasteiger partial charge >= 0.3 is 0 Å². The van der Waals surface area contributed by atoms with E-state index in [9.17, 15) is 0 Å². The zero-order chi connectivity index (χ0) is 13.8. The number of piperidine rings is 1. The normalized spacial score (nSPS) is 20.4. The van der Waals surface area contributed by atoms with Crippen LogP contribution in [0.3, 0.4) is 0 Å². The van der Waals surface area contributed by atoms with Gasteiger partial charge in [-0.05, 0) is 25.8 Å². The molecule has 2 aromatic rings. The summed E-state index contributed by atoms with van der Waals surface area (Å²) in [5.41, 5.74) is 0. The average molecular weight is 274 g/mol. The molecule has 6 heteroatoms. The second-order valence-corrected chi connectivity index (χ2v) is 5.48. The number of nitrogens with zero attached hydrogens (tertiary/aromatic N) is 5. The zero-order valence-corrected chi connectivity index (χ0v) is 12.0. The van der Waals surface area contributed by atoms with E-state index in [4.69, 9.17) is 0 Å². The van der Waals surface area contributed by atoms with Gasteiger partial charge in [-0.1, -0.05) is 6.92 Å². The van der Waals surface area contributed by atoms with Gasteiger partial charge in [0.25, 0.3) is 0 Å². The van der Waals surface area contributed by atoms with E-state index >= 15 is 0 Å². The molecule has 0 aromatic carbocycles. The Labute approximate surface area is 119 Å². The summed E-state index contributed by atoms with van der Waals surface area (Å²) in [4.78, 5) is 11.3. The second kappa shape index (κ2) is 6.17. The van der Waals surface area contributed by atoms with Crippen LogP contribution >= 0.6 is 0 Å². The van der Waals surface area contributed by atoms with E-state index < -0.39 is 0 Å². The molecule has 1 N–H and O–H groups in total. The van der Waals surface area contributed by atoms with Crippen LogP contribution in [-0.4, -0.2) is 42.7 Å². The molecule has 1 aliphatic heterocycles. The van der Waals surface area contributed by atoms with Crippen LogP contribution in [0.2, 0.25) is 0 Å². The lowest BCUT2D eigenvalue weighted by molar-refractivity contribution is 0.190. The van der Waals surface area contributed by atoms with Crippen molar-refractivity contribution < 1.29 is 0 Å². The molecule has 0 saturated carbocycles. The van der Waals surface area contributed by atoms with Crippen LogP contribution in [0, 0.1) is 0 Å². The molecular formula is C14H22N6. The Morgan fingerprint density at radius 1 is 1.40 bits per heavy atom. The Morgan fingerprint density at radius 3 is 3.15 bits per heavy atom. The molecular weight excluding hydrogens is 252 g/mol. The number of likely N-dealkylation sites (tertiary alicyclic amines) is 1. The molecule has 1 saturated heterocycles. The third-order valence-corrected chi connectivity index (χ3v) is 3.96. The van der Waals surface area contributed by atoms with Gasteiger partial charge in [0.2, 0.25) is 0 Å². The van der Waals surface area contributed by atoms with E-state index in [2.05, 4.69) is 42.8 Å². The van der Waals surface area contributed by atoms with Gasteiger partial charge < -0.3 is 4.57 Å². The first-order chi connectivity index (χ1) is 9.86. The molecule has 6 nitrogen and oxygen atoms in total. The van der Waals surface area contributed by atoms with E-state index in [1.165, 1.54) is 18.7 Å². The summed E-state index contributed by atoms with van der Waals surface area (Å²) in [7, 11) is 0. The van der Waals surface area contributed by atoms with Crippen LogP contribution in [0.15, 0.2) is 18.7 Å². The summed E-state index contributed by atoms with van der Waals surface area (Å²) in [6.45, 7) is 6.36. The first kappa shape index (κ1) is 13.3. The fraction of sp³-hybridized carbons (Fsp3) is 0.643. The molecule has 0 radical (unpaired) electrons. The summed E-state index contributed by atoms with van der Waals surface area (Å²) in [6, 6.07) is 0. The first-order valence-electron chi connectivity index (χ1n) is 7.44. The quantitative estimate of drug-likeness (QED) is 0.903. The van der Waals surface area contributed by atoms with Crippen molar-refractivity contribution >= 4 is 0 Å². The smallest absolute Gasteiger partial charge is 0.137 e. The number of aromatic nitrogens is 5. The van der Waals surface area contributed by atoms with E-state index in [-0.39, 0.29) is 0 Å². The number of nitrogens with one attached hydrogen (secondary N) is 1. The Balaban J connectivity index is 1.64. The SMILES string of the molecule is CCCn1ccnc1CN1CCC[C@H](c2ncn[nH]2)C1. The summed E-state index contributed by atoms with van der Waals surface area (Å²) in [5, 5.41) is 6.97. The third-order valence-electron chi connectivity index (χ3n) is 3.96. The Bertz CT molecular complexity index is 518. The molecule has 0 amide bonds. The van der Waals surface area contributed by atoms with Crippen LogP contribution in [0.4, 0.5) is 0 Å². The van der Waals surface area contributed by atoms with Crippen LogP contribution in [0.25, 0.3) is 0 Å². The van der Waals surface area contributed by atoms with Crippen molar-refractivity contribution in [3.8, 4) is 0 Å². The number of hydrogen-bond donors (Lipinski definition) is 1. The lowest BCUT2D eigenvalue weighted by atomic mass is 9.97. The summed E-state index contributed by atoms with van der Waals surface area (Å²) < 4.78 is 2.26. The first-order valence-corrected chi connectivity index (χ1v) is 7.44. The minimum absolute atomic E-state index is 0.473. The highest BCUT2D eigenvalue weighted by atomic mass is 15.2. The molecule has 2 aromatic heterocycles. The highest BCUT2D eigenvalue weighted by molar-refractivity contribution is 4.99. The van der Waals surface area contributed by atoms with Gasteiger partial charge in [0, 0.05) is 31.4 Å². The molecule has 20 heavy (non-hydrogen) atoms. The Hall–Kier alpha value is -1.69. The van der Waals surface area contributed by atoms with Gasteiger partial charge in [-0.25, -0.2) is 9.97 Å². The number of aryl methyl sites for hydroxylation is 1. The maximum Gasteiger partial charge on any atom is 0.137 e. The topological polar surface area (TPSA) is 62.6 Å². The number of H-pyrrole nitrogens is 1. The Kier molecular flexibility index (Phi) is 4.11. The lowest BCUT2D eigenvalue weighted by Crippen LogP contribution is -2.35. The second-order valence-electron chi connectivity index (χ2n) is 5.48. The molecule has 0 spiro atoms. The largest absolute Gasteiger partial charge is 0.334 e. The van der Waals surface area contributed by atoms with Crippen LogP contribution < -0.4 is 0 Å². The van der Waals surface area contributed by atoms with Crippen molar-refractivity contribution in [1.29, 1.82) is 0 Å². The van der Waals surface area contributed by atoms with Gasteiger partial charge in [0.15, 0.2) is 0 Å². The lowest BCUT2D eigenvalue weighted by Gasteiger charge is -2.31. The van der Waals surface area contributed by atoms with Gasteiger partial charge in [-0.3, -0.25) is 10.00 Å². The van der Waals surface area contributed by atoms with E-state index in [0.29, 0.717) is 5.92 Å². The molecule has 0 bridgehead atoms. The van der Waals surface area contributed by atoms with Crippen LogP contribution in [0.1, 0.15) is 43.8 Å². The number of aromatic amines is 1.